The van der Waals surface area contributed by atoms with Crippen molar-refractivity contribution in [3.63, 3.8) is 0 Å². The van der Waals surface area contributed by atoms with E-state index >= 15 is 0 Å². The molecule has 1 N–H and O–H groups in total. The van der Waals surface area contributed by atoms with Gasteiger partial charge < -0.3 is 38.3 Å². The summed E-state index contributed by atoms with van der Waals surface area (Å²) in [7, 11) is 3.26. The van der Waals surface area contributed by atoms with Crippen LogP contribution in [0, 0.1) is 35.5 Å². The Morgan fingerprint density at radius 2 is 1.63 bits per heavy atom. The van der Waals surface area contributed by atoms with Crippen molar-refractivity contribution < 1.29 is 43.2 Å². The second-order valence-corrected chi connectivity index (χ2v) is 17.8. The highest BCUT2D eigenvalue weighted by atomic mass is 16.6. The highest BCUT2D eigenvalue weighted by Gasteiger charge is 2.60. The van der Waals surface area contributed by atoms with Crippen LogP contribution in [0.1, 0.15) is 101 Å². The number of nitrogens with zero attached hydrogens (tertiary/aromatic N) is 4. The Hall–Kier alpha value is -3.39. The van der Waals surface area contributed by atoms with Gasteiger partial charge in [0, 0.05) is 75.6 Å². The van der Waals surface area contributed by atoms with Crippen molar-refractivity contribution in [2.45, 2.75) is 155 Å². The lowest BCUT2D eigenvalue weighted by Gasteiger charge is -2.51. The molecule has 0 aliphatic carbocycles. The van der Waals surface area contributed by atoms with Crippen LogP contribution in [0.4, 0.5) is 4.79 Å². The summed E-state index contributed by atoms with van der Waals surface area (Å²) in [6.07, 6.45) is 6.64. The number of ketones is 1. The number of aryl methyl sites for hydroxylation is 1. The second-order valence-electron chi connectivity index (χ2n) is 17.8. The van der Waals surface area contributed by atoms with E-state index in [1.165, 1.54) is 0 Å². The van der Waals surface area contributed by atoms with E-state index in [2.05, 4.69) is 23.8 Å². The maximum atomic E-state index is 14.6. The number of hydrogen-bond acceptors (Lipinski definition) is 11. The minimum Gasteiger partial charge on any atom is -0.458 e. The van der Waals surface area contributed by atoms with Crippen molar-refractivity contribution in [2.75, 3.05) is 20.8 Å². The van der Waals surface area contributed by atoms with Gasteiger partial charge in [-0.15, -0.1) is 0 Å². The number of amides is 1. The van der Waals surface area contributed by atoms with Crippen molar-refractivity contribution in [2.24, 2.45) is 35.5 Å². The number of esters is 1. The molecule has 2 aromatic heterocycles. The van der Waals surface area contributed by atoms with Crippen LogP contribution in [0.3, 0.4) is 0 Å². The van der Waals surface area contributed by atoms with Gasteiger partial charge in [-0.25, -0.2) is 9.78 Å². The maximum Gasteiger partial charge on any atom is 0.410 e. The van der Waals surface area contributed by atoms with Crippen molar-refractivity contribution in [3.05, 3.63) is 37.1 Å². The van der Waals surface area contributed by atoms with Gasteiger partial charge in [0.25, 0.3) is 0 Å². The van der Waals surface area contributed by atoms with Crippen LogP contribution in [-0.2, 0) is 39.8 Å². The topological polar surface area (TPSA) is 152 Å². The SMILES string of the molecule is CC[C@H]1OC(=O)[C@H](C)[C@@H](C2C[C@@](C)(OC)[C@@H](O)[C@H](C)O2)[C@H](C)[C@@H](C)[C@](C)(OC)C[C@@H](C)C(=O)[C@H](C)[C@H]2N(CCCCn3cnc(-c4cccnc4)c3)C(=O)O[C@]12C. The van der Waals surface area contributed by atoms with Crippen LogP contribution in [0.15, 0.2) is 37.1 Å². The van der Waals surface area contributed by atoms with Gasteiger partial charge in [0.05, 0.1) is 47.4 Å². The first kappa shape index (κ1) is 44.7. The number of aromatic nitrogens is 3. The Bertz CT molecular complexity index is 1690. The monoisotopic (exact) mass is 796 g/mol. The molecule has 3 aliphatic rings. The van der Waals surface area contributed by atoms with Crippen molar-refractivity contribution in [1.82, 2.24) is 19.4 Å². The number of imidazole rings is 1. The molecule has 2 aromatic rings. The van der Waals surface area contributed by atoms with E-state index in [0.29, 0.717) is 38.8 Å². The number of pyridine rings is 1. The minimum atomic E-state index is -1.31. The summed E-state index contributed by atoms with van der Waals surface area (Å²) in [5.41, 5.74) is -1.19. The average molecular weight is 797 g/mol. The zero-order valence-electron chi connectivity index (χ0n) is 36.3. The molecule has 57 heavy (non-hydrogen) atoms. The molecule has 318 valence electrons. The summed E-state index contributed by atoms with van der Waals surface area (Å²) >= 11 is 0. The van der Waals surface area contributed by atoms with Crippen LogP contribution in [0.5, 0.6) is 0 Å². The van der Waals surface area contributed by atoms with E-state index in [1.54, 1.807) is 37.8 Å². The third-order valence-electron chi connectivity index (χ3n) is 14.2. The van der Waals surface area contributed by atoms with Crippen molar-refractivity contribution in [1.29, 1.82) is 0 Å². The molecule has 1 amide bonds. The first-order valence-electron chi connectivity index (χ1n) is 21.0. The van der Waals surface area contributed by atoms with Gasteiger partial charge in [-0.1, -0.05) is 41.5 Å². The molecule has 13 heteroatoms. The Morgan fingerprint density at radius 3 is 2.26 bits per heavy atom. The van der Waals surface area contributed by atoms with Gasteiger partial charge in [0.15, 0.2) is 5.60 Å². The van der Waals surface area contributed by atoms with Gasteiger partial charge >= 0.3 is 12.1 Å². The fourth-order valence-corrected chi connectivity index (χ4v) is 10.3. The number of unbranched alkanes of at least 4 members (excludes halogenated alkanes) is 1. The summed E-state index contributed by atoms with van der Waals surface area (Å²) in [6.45, 7) is 20.4. The Labute approximate surface area is 339 Å². The van der Waals surface area contributed by atoms with Crippen molar-refractivity contribution >= 4 is 17.8 Å². The largest absolute Gasteiger partial charge is 0.458 e. The molecule has 3 aliphatic heterocycles. The molecular formula is C44H68N4O9. The van der Waals surface area contributed by atoms with Gasteiger partial charge in [0.1, 0.15) is 18.0 Å². The number of cyclic esters (lactones) is 1. The molecule has 5 rings (SSSR count). The fourth-order valence-electron chi connectivity index (χ4n) is 10.3. The normalized spacial score (nSPS) is 39.6. The molecule has 0 bridgehead atoms. The van der Waals surface area contributed by atoms with E-state index in [1.807, 2.05) is 78.3 Å². The Balaban J connectivity index is 1.46. The smallest absolute Gasteiger partial charge is 0.410 e. The summed E-state index contributed by atoms with van der Waals surface area (Å²) in [4.78, 5) is 53.6. The molecule has 1 unspecified atom stereocenters. The highest BCUT2D eigenvalue weighted by molar-refractivity contribution is 5.85. The number of hydrogen-bond donors (Lipinski definition) is 1. The third kappa shape index (κ3) is 8.82. The number of methoxy groups -OCH3 is 2. The van der Waals surface area contributed by atoms with Crippen molar-refractivity contribution in [3.8, 4) is 11.3 Å². The van der Waals surface area contributed by atoms with Crippen LogP contribution in [0.25, 0.3) is 11.3 Å². The van der Waals surface area contributed by atoms with Gasteiger partial charge in [-0.2, -0.15) is 0 Å². The summed E-state index contributed by atoms with van der Waals surface area (Å²) in [6, 6.07) is 3.16. The molecule has 0 radical (unpaired) electrons. The number of carbonyl (C=O) groups excluding carboxylic acids is 3. The molecule has 0 aromatic carbocycles. The van der Waals surface area contributed by atoms with Gasteiger partial charge in [-0.05, 0) is 77.3 Å². The molecule has 0 spiro atoms. The molecular weight excluding hydrogens is 729 g/mol. The minimum absolute atomic E-state index is 0.00329. The molecule has 14 atom stereocenters. The Morgan fingerprint density at radius 1 is 0.947 bits per heavy atom. The zero-order chi connectivity index (χ0) is 42.0. The fraction of sp³-hybridized carbons (Fsp3) is 0.750. The standard InChI is InChI=1S/C44H68N4O9/c1-13-35-44(10)38(48(41(52)57-44)20-15-14-19-47-24-33(46-25-47)32-17-16-18-45-23-32)29(5)37(49)26(2)21-42(8,53-11)30(6)27(3)36(28(4)40(51)56-35)34-22-43(9,54-12)39(50)31(7)55-34/h16-18,23-31,34-36,38-39,50H,13-15,19-22H2,1-12H3/t26-,27-,28-,29+,30-,31+,34?,35-,36+,38-,39+,42-,43-,44-/m1/s1. The number of aliphatic hydroxyl groups is 1. The number of carbonyl (C=O) groups is 3. The molecule has 5 heterocycles. The number of aliphatic hydroxyl groups excluding tert-OH is 1. The van der Waals surface area contributed by atoms with Crippen LogP contribution in [0.2, 0.25) is 0 Å². The van der Waals surface area contributed by atoms with E-state index in [9.17, 15) is 19.5 Å². The molecule has 3 fully saturated rings. The van der Waals surface area contributed by atoms with E-state index in [4.69, 9.17) is 23.7 Å². The molecule has 3 saturated heterocycles. The lowest BCUT2D eigenvalue weighted by molar-refractivity contribution is -0.236. The summed E-state index contributed by atoms with van der Waals surface area (Å²) in [5, 5.41) is 11.1. The van der Waals surface area contributed by atoms with E-state index < -0.39 is 77.1 Å². The quantitative estimate of drug-likeness (QED) is 0.201. The number of fused-ring (bicyclic) bond motifs is 1. The molecule has 0 saturated carbocycles. The lowest BCUT2D eigenvalue weighted by atomic mass is 9.65. The predicted molar refractivity (Wildman–Crippen MR) is 215 cm³/mol. The van der Waals surface area contributed by atoms with Gasteiger partial charge in [0.2, 0.25) is 0 Å². The second kappa shape index (κ2) is 17.8. The van der Waals surface area contributed by atoms with Gasteiger partial charge in [-0.3, -0.25) is 14.6 Å². The number of rotatable bonds is 10. The number of Topliss-reactive ketones (excluding diaryl/α,β-unsaturated/α-hetero) is 1. The van der Waals surface area contributed by atoms with Crippen LogP contribution < -0.4 is 0 Å². The van der Waals surface area contributed by atoms with E-state index in [-0.39, 0.29) is 23.5 Å². The first-order chi connectivity index (χ1) is 26.8. The average Bonchev–Trinajstić information content (AvgIpc) is 3.77. The third-order valence-corrected chi connectivity index (χ3v) is 14.2. The van der Waals surface area contributed by atoms with E-state index in [0.717, 1.165) is 17.7 Å². The summed E-state index contributed by atoms with van der Waals surface area (Å²) in [5.74, 6) is -2.80. The highest BCUT2D eigenvalue weighted by Crippen LogP contribution is 2.47. The van der Waals surface area contributed by atoms with Crippen LogP contribution in [-0.4, -0.2) is 110 Å². The first-order valence-corrected chi connectivity index (χ1v) is 21.0. The summed E-state index contributed by atoms with van der Waals surface area (Å²) < 4.78 is 33.5. The lowest BCUT2D eigenvalue weighted by Crippen LogP contribution is -2.60. The molecule has 13 nitrogen and oxygen atoms in total. The Kier molecular flexibility index (Phi) is 14.0. The number of ether oxygens (including phenoxy) is 5. The zero-order valence-corrected chi connectivity index (χ0v) is 36.3. The van der Waals surface area contributed by atoms with Crippen LogP contribution >= 0.6 is 0 Å². The predicted octanol–water partition coefficient (Wildman–Crippen LogP) is 6.74. The maximum absolute atomic E-state index is 14.6.